The lowest BCUT2D eigenvalue weighted by Crippen LogP contribution is -2.46. The Labute approximate surface area is 132 Å². The Morgan fingerprint density at radius 3 is 2.95 bits per heavy atom. The first-order valence-corrected chi connectivity index (χ1v) is 7.54. The molecule has 0 radical (unpaired) electrons. The van der Waals surface area contributed by atoms with Crippen molar-refractivity contribution in [1.29, 1.82) is 0 Å². The summed E-state index contributed by atoms with van der Waals surface area (Å²) in [6.45, 7) is 3.27. The number of ether oxygens (including phenoxy) is 2. The van der Waals surface area contributed by atoms with Gasteiger partial charge in [0.1, 0.15) is 0 Å². The molecule has 1 saturated heterocycles. The van der Waals surface area contributed by atoms with Crippen LogP contribution in [0.5, 0.6) is 0 Å². The second-order valence-corrected chi connectivity index (χ2v) is 5.90. The van der Waals surface area contributed by atoms with Crippen LogP contribution in [0.25, 0.3) is 0 Å². The molecule has 1 amide bonds. The van der Waals surface area contributed by atoms with Crippen LogP contribution < -0.4 is 0 Å². The Kier molecular flexibility index (Phi) is 5.36. The molecule has 6 heteroatoms. The van der Waals surface area contributed by atoms with E-state index in [1.54, 1.807) is 4.90 Å². The highest BCUT2D eigenvalue weighted by molar-refractivity contribution is 9.10. The normalized spacial score (nSPS) is 18.4. The van der Waals surface area contributed by atoms with Gasteiger partial charge in [-0.25, -0.2) is 0 Å². The lowest BCUT2D eigenvalue weighted by molar-refractivity contribution is -0.145. The van der Waals surface area contributed by atoms with Gasteiger partial charge >= 0.3 is 5.97 Å². The third kappa shape index (κ3) is 4.04. The summed E-state index contributed by atoms with van der Waals surface area (Å²) in [6.07, 6.45) is -0.139. The standard InChI is InChI=1S/C15H18BrNO4/c1-10-3-4-11(16)7-13(10)15(19)17-5-6-21-12(9-17)8-14(18)20-2/h3-4,7,12H,5-6,8-9H2,1-2H3. The smallest absolute Gasteiger partial charge is 0.308 e. The predicted molar refractivity (Wildman–Crippen MR) is 81.2 cm³/mol. The van der Waals surface area contributed by atoms with Crippen LogP contribution in [-0.4, -0.2) is 49.7 Å². The highest BCUT2D eigenvalue weighted by atomic mass is 79.9. The molecule has 1 aliphatic rings. The number of benzene rings is 1. The van der Waals surface area contributed by atoms with Gasteiger partial charge < -0.3 is 14.4 Å². The Morgan fingerprint density at radius 1 is 1.48 bits per heavy atom. The fraction of sp³-hybridized carbons (Fsp3) is 0.467. The number of hydrogen-bond acceptors (Lipinski definition) is 4. The Morgan fingerprint density at radius 2 is 2.24 bits per heavy atom. The van der Waals surface area contributed by atoms with Crippen molar-refractivity contribution in [3.63, 3.8) is 0 Å². The number of morpholine rings is 1. The molecule has 1 aromatic carbocycles. The van der Waals surface area contributed by atoms with E-state index in [2.05, 4.69) is 20.7 Å². The van der Waals surface area contributed by atoms with Crippen molar-refractivity contribution in [2.24, 2.45) is 0 Å². The Balaban J connectivity index is 2.08. The molecule has 0 aromatic heterocycles. The molecule has 5 nitrogen and oxygen atoms in total. The number of carbonyl (C=O) groups excluding carboxylic acids is 2. The lowest BCUT2D eigenvalue weighted by atomic mass is 10.1. The molecule has 1 aliphatic heterocycles. The number of rotatable bonds is 3. The molecule has 1 unspecified atom stereocenters. The molecular weight excluding hydrogens is 338 g/mol. The van der Waals surface area contributed by atoms with Crippen LogP contribution in [0, 0.1) is 6.92 Å². The zero-order valence-corrected chi connectivity index (χ0v) is 13.7. The van der Waals surface area contributed by atoms with E-state index in [1.807, 2.05) is 25.1 Å². The van der Waals surface area contributed by atoms with E-state index in [9.17, 15) is 9.59 Å². The van der Waals surface area contributed by atoms with Crippen LogP contribution in [0.3, 0.4) is 0 Å². The third-order valence-electron chi connectivity index (χ3n) is 3.48. The summed E-state index contributed by atoms with van der Waals surface area (Å²) in [5.74, 6) is -0.361. The third-order valence-corrected chi connectivity index (χ3v) is 3.97. The van der Waals surface area contributed by atoms with E-state index < -0.39 is 0 Å². The van der Waals surface area contributed by atoms with Gasteiger partial charge in [0.05, 0.1) is 26.2 Å². The molecule has 0 saturated carbocycles. The van der Waals surface area contributed by atoms with Gasteiger partial charge in [-0.15, -0.1) is 0 Å². The maximum atomic E-state index is 12.6. The quantitative estimate of drug-likeness (QED) is 0.779. The van der Waals surface area contributed by atoms with E-state index >= 15 is 0 Å². The molecule has 1 aromatic rings. The second-order valence-electron chi connectivity index (χ2n) is 4.98. The molecule has 2 rings (SSSR count). The number of amides is 1. The first-order chi connectivity index (χ1) is 10.0. The van der Waals surface area contributed by atoms with Crippen molar-refractivity contribution in [2.75, 3.05) is 26.8 Å². The van der Waals surface area contributed by atoms with E-state index in [1.165, 1.54) is 7.11 Å². The summed E-state index contributed by atoms with van der Waals surface area (Å²) in [7, 11) is 1.35. The van der Waals surface area contributed by atoms with Crippen LogP contribution >= 0.6 is 15.9 Å². The highest BCUT2D eigenvalue weighted by Crippen LogP contribution is 2.19. The summed E-state index contributed by atoms with van der Waals surface area (Å²) in [5.41, 5.74) is 1.60. The van der Waals surface area contributed by atoms with E-state index in [4.69, 9.17) is 4.74 Å². The first-order valence-electron chi connectivity index (χ1n) is 6.75. The molecule has 21 heavy (non-hydrogen) atoms. The molecule has 1 fully saturated rings. The van der Waals surface area contributed by atoms with Crippen LogP contribution in [0.4, 0.5) is 0 Å². The largest absolute Gasteiger partial charge is 0.469 e. The number of esters is 1. The molecule has 0 bridgehead atoms. The van der Waals surface area contributed by atoms with Crippen molar-refractivity contribution in [3.8, 4) is 0 Å². The van der Waals surface area contributed by atoms with Gasteiger partial charge in [-0.05, 0) is 24.6 Å². The van der Waals surface area contributed by atoms with E-state index in [0.717, 1.165) is 10.0 Å². The first kappa shape index (κ1) is 16.0. The Hall–Kier alpha value is -1.40. The predicted octanol–water partition coefficient (Wildman–Crippen LogP) is 2.16. The number of hydrogen-bond donors (Lipinski definition) is 0. The van der Waals surface area contributed by atoms with E-state index in [0.29, 0.717) is 25.3 Å². The molecule has 0 spiro atoms. The topological polar surface area (TPSA) is 55.8 Å². The molecule has 0 N–H and O–H groups in total. The second kappa shape index (κ2) is 7.04. The minimum absolute atomic E-state index is 0.0352. The minimum Gasteiger partial charge on any atom is -0.469 e. The fourth-order valence-corrected chi connectivity index (χ4v) is 2.65. The highest BCUT2D eigenvalue weighted by Gasteiger charge is 2.27. The number of aryl methyl sites for hydroxylation is 1. The van der Waals surface area contributed by atoms with Crippen LogP contribution in [-0.2, 0) is 14.3 Å². The lowest BCUT2D eigenvalue weighted by Gasteiger charge is -2.32. The van der Waals surface area contributed by atoms with Gasteiger partial charge in [-0.1, -0.05) is 22.0 Å². The van der Waals surface area contributed by atoms with E-state index in [-0.39, 0.29) is 24.4 Å². The molecular formula is C15H18BrNO4. The van der Waals surface area contributed by atoms with Crippen molar-refractivity contribution in [1.82, 2.24) is 4.90 Å². The summed E-state index contributed by atoms with van der Waals surface area (Å²) in [5, 5.41) is 0. The number of halogens is 1. The van der Waals surface area contributed by atoms with Crippen molar-refractivity contribution >= 4 is 27.8 Å². The summed E-state index contributed by atoms with van der Waals surface area (Å²) >= 11 is 3.39. The average Bonchev–Trinajstić information content (AvgIpc) is 2.49. The van der Waals surface area contributed by atoms with Gasteiger partial charge in [0.25, 0.3) is 5.91 Å². The summed E-state index contributed by atoms with van der Waals surface area (Å²) < 4.78 is 11.0. The van der Waals surface area contributed by atoms with Crippen molar-refractivity contribution in [3.05, 3.63) is 33.8 Å². The van der Waals surface area contributed by atoms with Gasteiger partial charge in [-0.2, -0.15) is 0 Å². The zero-order chi connectivity index (χ0) is 15.4. The van der Waals surface area contributed by atoms with Crippen molar-refractivity contribution < 1.29 is 19.1 Å². The van der Waals surface area contributed by atoms with Gasteiger partial charge in [0.2, 0.25) is 0 Å². The number of nitrogens with zero attached hydrogens (tertiary/aromatic N) is 1. The number of carbonyl (C=O) groups is 2. The summed E-state index contributed by atoms with van der Waals surface area (Å²) in [4.78, 5) is 25.6. The zero-order valence-electron chi connectivity index (χ0n) is 12.1. The molecule has 1 heterocycles. The fourth-order valence-electron chi connectivity index (χ4n) is 2.29. The minimum atomic E-state index is -0.326. The van der Waals surface area contributed by atoms with Crippen LogP contribution in [0.15, 0.2) is 22.7 Å². The van der Waals surface area contributed by atoms with Gasteiger partial charge in [0.15, 0.2) is 0 Å². The van der Waals surface area contributed by atoms with Crippen LogP contribution in [0.1, 0.15) is 22.3 Å². The number of methoxy groups -OCH3 is 1. The van der Waals surface area contributed by atoms with Crippen LogP contribution in [0.2, 0.25) is 0 Å². The van der Waals surface area contributed by atoms with Gasteiger partial charge in [-0.3, -0.25) is 9.59 Å². The Bertz CT molecular complexity index is 546. The van der Waals surface area contributed by atoms with Gasteiger partial charge in [0, 0.05) is 23.1 Å². The maximum absolute atomic E-state index is 12.6. The monoisotopic (exact) mass is 355 g/mol. The summed E-state index contributed by atoms with van der Waals surface area (Å²) in [6, 6.07) is 5.64. The molecule has 114 valence electrons. The molecule has 0 aliphatic carbocycles. The molecule has 1 atom stereocenters. The van der Waals surface area contributed by atoms with Crippen molar-refractivity contribution in [2.45, 2.75) is 19.4 Å². The maximum Gasteiger partial charge on any atom is 0.308 e. The SMILES string of the molecule is COC(=O)CC1CN(C(=O)c2cc(Br)ccc2C)CCO1. The average molecular weight is 356 g/mol.